The van der Waals surface area contributed by atoms with Crippen LogP contribution in [0.2, 0.25) is 0 Å². The Morgan fingerprint density at radius 1 is 1.38 bits per heavy atom. The van der Waals surface area contributed by atoms with Gasteiger partial charge in [0.1, 0.15) is 11.9 Å². The topological polar surface area (TPSA) is 54.5 Å². The summed E-state index contributed by atoms with van der Waals surface area (Å²) in [6, 6.07) is 5.67. The molecule has 0 unspecified atom stereocenters. The lowest BCUT2D eigenvalue weighted by Crippen LogP contribution is -2.04. The minimum absolute atomic E-state index is 0.567. The molecule has 2 heterocycles. The van der Waals surface area contributed by atoms with Crippen molar-refractivity contribution in [2.75, 3.05) is 0 Å². The fourth-order valence-corrected chi connectivity index (χ4v) is 1.61. The summed E-state index contributed by atoms with van der Waals surface area (Å²) in [6.07, 6.45) is 7.17. The van der Waals surface area contributed by atoms with Gasteiger partial charge in [-0.15, -0.1) is 0 Å². The van der Waals surface area contributed by atoms with Crippen molar-refractivity contribution in [2.45, 2.75) is 19.8 Å². The summed E-state index contributed by atoms with van der Waals surface area (Å²) in [6.45, 7) is 2.10. The molecule has 0 fully saturated rings. The van der Waals surface area contributed by atoms with Gasteiger partial charge in [0.25, 0.3) is 0 Å². The van der Waals surface area contributed by atoms with Crippen LogP contribution in [0.15, 0.2) is 30.7 Å². The summed E-state index contributed by atoms with van der Waals surface area (Å²) in [5, 5.41) is 9.01. The second-order valence-corrected chi connectivity index (χ2v) is 3.45. The lowest BCUT2D eigenvalue weighted by Gasteiger charge is -2.07. The lowest BCUT2D eigenvalue weighted by atomic mass is 10.2. The molecule has 0 bridgehead atoms. The third kappa shape index (κ3) is 1.80. The van der Waals surface area contributed by atoms with Gasteiger partial charge in [0.15, 0.2) is 5.82 Å². The van der Waals surface area contributed by atoms with Crippen LogP contribution in [0.1, 0.15) is 24.7 Å². The van der Waals surface area contributed by atoms with E-state index in [1.807, 2.05) is 10.8 Å². The minimum Gasteiger partial charge on any atom is -0.287 e. The van der Waals surface area contributed by atoms with E-state index in [0.29, 0.717) is 11.4 Å². The summed E-state index contributed by atoms with van der Waals surface area (Å²) in [5.74, 6) is 1.60. The van der Waals surface area contributed by atoms with E-state index in [0.717, 1.165) is 18.7 Å². The van der Waals surface area contributed by atoms with Crippen LogP contribution in [0.25, 0.3) is 5.82 Å². The molecule has 2 aromatic rings. The Morgan fingerprint density at radius 3 is 3.00 bits per heavy atom. The van der Waals surface area contributed by atoms with Crippen LogP contribution in [-0.2, 0) is 6.42 Å². The fraction of sp³-hybridized carbons (Fsp3) is 0.250. The van der Waals surface area contributed by atoms with E-state index in [-0.39, 0.29) is 0 Å². The Labute approximate surface area is 94.2 Å². The first kappa shape index (κ1) is 10.4. The van der Waals surface area contributed by atoms with E-state index < -0.39 is 0 Å². The van der Waals surface area contributed by atoms with Gasteiger partial charge in [-0.25, -0.2) is 9.97 Å². The molecule has 0 radical (unpaired) electrons. The molecule has 2 rings (SSSR count). The Balaban J connectivity index is 2.51. The third-order valence-corrected chi connectivity index (χ3v) is 2.33. The Kier molecular flexibility index (Phi) is 2.97. The number of aromatic nitrogens is 3. The molecule has 0 N–H and O–H groups in total. The zero-order valence-electron chi connectivity index (χ0n) is 9.09. The quantitative estimate of drug-likeness (QED) is 0.782. The van der Waals surface area contributed by atoms with Crippen molar-refractivity contribution in [3.05, 3.63) is 42.1 Å². The van der Waals surface area contributed by atoms with Crippen molar-refractivity contribution in [3.8, 4) is 11.9 Å². The predicted octanol–water partition coefficient (Wildman–Crippen LogP) is 2.09. The number of pyridine rings is 1. The van der Waals surface area contributed by atoms with E-state index >= 15 is 0 Å². The van der Waals surface area contributed by atoms with E-state index in [1.165, 1.54) is 0 Å². The molecular formula is C12H12N4. The summed E-state index contributed by atoms with van der Waals surface area (Å²) in [4.78, 5) is 8.51. The maximum atomic E-state index is 9.01. The summed E-state index contributed by atoms with van der Waals surface area (Å²) < 4.78 is 1.88. The number of hydrogen-bond acceptors (Lipinski definition) is 3. The average Bonchev–Trinajstić information content (AvgIpc) is 2.77. The summed E-state index contributed by atoms with van der Waals surface area (Å²) in [5.41, 5.74) is 0.567. The molecular weight excluding hydrogens is 200 g/mol. The van der Waals surface area contributed by atoms with Gasteiger partial charge >= 0.3 is 0 Å². The zero-order valence-corrected chi connectivity index (χ0v) is 9.09. The van der Waals surface area contributed by atoms with Crippen molar-refractivity contribution in [3.63, 3.8) is 0 Å². The molecule has 16 heavy (non-hydrogen) atoms. The monoisotopic (exact) mass is 212 g/mol. The van der Waals surface area contributed by atoms with Gasteiger partial charge in [0, 0.05) is 25.0 Å². The highest BCUT2D eigenvalue weighted by molar-refractivity contribution is 5.43. The van der Waals surface area contributed by atoms with Crippen LogP contribution in [0.4, 0.5) is 0 Å². The van der Waals surface area contributed by atoms with Crippen molar-refractivity contribution in [1.82, 2.24) is 14.5 Å². The third-order valence-electron chi connectivity index (χ3n) is 2.33. The molecule has 4 nitrogen and oxygen atoms in total. The standard InChI is InChI=1S/C12H12N4/c1-2-4-11-14-7-8-16(11)12-10(9-13)5-3-6-15-12/h3,5-8H,2,4H2,1H3. The maximum Gasteiger partial charge on any atom is 0.155 e. The molecule has 0 saturated heterocycles. The van der Waals surface area contributed by atoms with Gasteiger partial charge in [-0.1, -0.05) is 6.92 Å². The van der Waals surface area contributed by atoms with Crippen molar-refractivity contribution >= 4 is 0 Å². The molecule has 0 aliphatic heterocycles. The SMILES string of the molecule is CCCc1nccn1-c1ncccc1C#N. The number of nitrogens with zero attached hydrogens (tertiary/aromatic N) is 4. The lowest BCUT2D eigenvalue weighted by molar-refractivity contribution is 0.797. The molecule has 4 heteroatoms. The highest BCUT2D eigenvalue weighted by atomic mass is 15.1. The molecule has 80 valence electrons. The molecule has 0 saturated carbocycles. The van der Waals surface area contributed by atoms with Gasteiger partial charge in [-0.3, -0.25) is 4.57 Å². The van der Waals surface area contributed by atoms with Crippen LogP contribution in [-0.4, -0.2) is 14.5 Å². The number of hydrogen-bond donors (Lipinski definition) is 0. The second-order valence-electron chi connectivity index (χ2n) is 3.45. The molecule has 0 amide bonds. The molecule has 2 aromatic heterocycles. The smallest absolute Gasteiger partial charge is 0.155 e. The van der Waals surface area contributed by atoms with Gasteiger partial charge in [0.05, 0.1) is 5.56 Å². The largest absolute Gasteiger partial charge is 0.287 e. The molecule has 0 atom stereocenters. The molecule has 0 aromatic carbocycles. The van der Waals surface area contributed by atoms with E-state index in [1.54, 1.807) is 24.5 Å². The highest BCUT2D eigenvalue weighted by Gasteiger charge is 2.08. The minimum atomic E-state index is 0.567. The van der Waals surface area contributed by atoms with Gasteiger partial charge < -0.3 is 0 Å². The predicted molar refractivity (Wildman–Crippen MR) is 60.1 cm³/mol. The fourth-order valence-electron chi connectivity index (χ4n) is 1.61. The van der Waals surface area contributed by atoms with Crippen molar-refractivity contribution < 1.29 is 0 Å². The van der Waals surface area contributed by atoms with Crippen molar-refractivity contribution in [2.24, 2.45) is 0 Å². The second kappa shape index (κ2) is 4.58. The van der Waals surface area contributed by atoms with Crippen LogP contribution in [0, 0.1) is 11.3 Å². The number of rotatable bonds is 3. The van der Waals surface area contributed by atoms with Crippen LogP contribution in [0.5, 0.6) is 0 Å². The molecule has 0 spiro atoms. The normalized spacial score (nSPS) is 10.0. The van der Waals surface area contributed by atoms with Crippen LogP contribution in [0.3, 0.4) is 0 Å². The van der Waals surface area contributed by atoms with Gasteiger partial charge in [-0.05, 0) is 18.6 Å². The number of nitriles is 1. The molecule has 0 aliphatic carbocycles. The number of aryl methyl sites for hydroxylation is 1. The number of imidazole rings is 1. The van der Waals surface area contributed by atoms with Crippen molar-refractivity contribution in [1.29, 1.82) is 5.26 Å². The molecule has 0 aliphatic rings. The van der Waals surface area contributed by atoms with E-state index in [2.05, 4.69) is 23.0 Å². The van der Waals surface area contributed by atoms with Gasteiger partial charge in [-0.2, -0.15) is 5.26 Å². The zero-order chi connectivity index (χ0) is 11.4. The summed E-state index contributed by atoms with van der Waals surface area (Å²) in [7, 11) is 0. The van der Waals surface area contributed by atoms with Crippen LogP contribution < -0.4 is 0 Å². The van der Waals surface area contributed by atoms with Crippen LogP contribution >= 0.6 is 0 Å². The first-order valence-corrected chi connectivity index (χ1v) is 5.24. The average molecular weight is 212 g/mol. The summed E-state index contributed by atoms with van der Waals surface area (Å²) >= 11 is 0. The maximum absolute atomic E-state index is 9.01. The van der Waals surface area contributed by atoms with Gasteiger partial charge in [0.2, 0.25) is 0 Å². The van der Waals surface area contributed by atoms with E-state index in [9.17, 15) is 0 Å². The highest BCUT2D eigenvalue weighted by Crippen LogP contribution is 2.13. The Bertz CT molecular complexity index is 522. The Morgan fingerprint density at radius 2 is 2.25 bits per heavy atom. The van der Waals surface area contributed by atoms with E-state index in [4.69, 9.17) is 5.26 Å². The first-order valence-electron chi connectivity index (χ1n) is 5.24. The Hall–Kier alpha value is -2.15. The first-order chi connectivity index (χ1) is 7.86.